The number of ether oxygens (including phenoxy) is 1. The van der Waals surface area contributed by atoms with E-state index in [9.17, 15) is 19.7 Å². The highest BCUT2D eigenvalue weighted by molar-refractivity contribution is 6.01. The number of carbonyl (C=O) groups is 2. The lowest BCUT2D eigenvalue weighted by molar-refractivity contribution is -0.385. The Morgan fingerprint density at radius 1 is 1.08 bits per heavy atom. The summed E-state index contributed by atoms with van der Waals surface area (Å²) >= 11 is 0. The molecule has 26 heavy (non-hydrogen) atoms. The Balaban J connectivity index is 1.87. The Hall–Kier alpha value is -3.42. The quantitative estimate of drug-likeness (QED) is 0.630. The van der Waals surface area contributed by atoms with E-state index in [-0.39, 0.29) is 5.69 Å². The monoisotopic (exact) mass is 357 g/mol. The Morgan fingerprint density at radius 2 is 1.81 bits per heavy atom. The lowest BCUT2D eigenvalue weighted by Crippen LogP contribution is -2.37. The molecule has 8 nitrogen and oxygen atoms in total. The van der Waals surface area contributed by atoms with E-state index in [0.29, 0.717) is 17.0 Å². The summed E-state index contributed by atoms with van der Waals surface area (Å²) in [6.07, 6.45) is 0. The molecule has 0 fully saturated rings. The van der Waals surface area contributed by atoms with Gasteiger partial charge in [-0.1, -0.05) is 17.7 Å². The van der Waals surface area contributed by atoms with E-state index < -0.39 is 23.5 Å². The highest BCUT2D eigenvalue weighted by Crippen LogP contribution is 2.23. The van der Waals surface area contributed by atoms with Crippen molar-refractivity contribution in [3.05, 3.63) is 63.2 Å². The lowest BCUT2D eigenvalue weighted by atomic mass is 10.1. The molecular weight excluding hydrogens is 338 g/mol. The van der Waals surface area contributed by atoms with E-state index >= 15 is 0 Å². The van der Waals surface area contributed by atoms with E-state index in [2.05, 4.69) is 10.6 Å². The molecule has 136 valence electrons. The fraction of sp³-hybridized carbons (Fsp3) is 0.222. The van der Waals surface area contributed by atoms with Gasteiger partial charge in [0.15, 0.2) is 6.61 Å². The molecule has 0 unspecified atom stereocenters. The molecule has 0 aliphatic heterocycles. The molecule has 0 aromatic heterocycles. The third-order valence-corrected chi connectivity index (χ3v) is 3.62. The number of nitro groups is 1. The second kappa shape index (κ2) is 8.11. The van der Waals surface area contributed by atoms with Crippen molar-refractivity contribution in [3.63, 3.8) is 0 Å². The van der Waals surface area contributed by atoms with Crippen LogP contribution in [-0.4, -0.2) is 23.5 Å². The largest absolute Gasteiger partial charge is 0.484 e. The number of nitro benzene ring substituents is 1. The third kappa shape index (κ3) is 5.04. The van der Waals surface area contributed by atoms with Crippen LogP contribution in [0.2, 0.25) is 0 Å². The molecule has 0 radical (unpaired) electrons. The van der Waals surface area contributed by atoms with Gasteiger partial charge in [0.2, 0.25) is 0 Å². The van der Waals surface area contributed by atoms with Gasteiger partial charge in [-0.3, -0.25) is 20.2 Å². The first-order chi connectivity index (χ1) is 12.3. The molecule has 2 aromatic carbocycles. The zero-order chi connectivity index (χ0) is 19.3. The van der Waals surface area contributed by atoms with Crippen molar-refractivity contribution in [2.75, 3.05) is 11.9 Å². The first-order valence-corrected chi connectivity index (χ1v) is 7.82. The van der Waals surface area contributed by atoms with Crippen LogP contribution >= 0.6 is 0 Å². The molecule has 3 amide bonds. The van der Waals surface area contributed by atoms with Crippen LogP contribution in [0.15, 0.2) is 36.4 Å². The van der Waals surface area contributed by atoms with E-state index in [4.69, 9.17) is 4.74 Å². The van der Waals surface area contributed by atoms with Gasteiger partial charge in [-0.2, -0.15) is 0 Å². The standard InChI is InChI=1S/C18H19N3O5/c1-11-4-6-15(12(2)8-11)19-18(23)20-17(22)10-26-14-5-7-16(21(24)25)13(3)9-14/h4-9H,10H2,1-3H3,(H2,19,20,22,23). The Kier molecular flexibility index (Phi) is 5.90. The summed E-state index contributed by atoms with van der Waals surface area (Å²) in [5, 5.41) is 15.5. The van der Waals surface area contributed by atoms with Crippen LogP contribution in [0.1, 0.15) is 16.7 Å². The third-order valence-electron chi connectivity index (χ3n) is 3.62. The van der Waals surface area contributed by atoms with E-state index in [1.807, 2.05) is 26.0 Å². The molecule has 0 heterocycles. The fourth-order valence-electron chi connectivity index (χ4n) is 2.34. The normalized spacial score (nSPS) is 10.1. The van der Waals surface area contributed by atoms with Crippen molar-refractivity contribution < 1.29 is 19.2 Å². The zero-order valence-electron chi connectivity index (χ0n) is 14.7. The van der Waals surface area contributed by atoms with Crippen LogP contribution in [0.3, 0.4) is 0 Å². The van der Waals surface area contributed by atoms with Crippen molar-refractivity contribution in [2.24, 2.45) is 0 Å². The van der Waals surface area contributed by atoms with E-state index in [1.54, 1.807) is 13.0 Å². The fourth-order valence-corrected chi connectivity index (χ4v) is 2.34. The number of aryl methyl sites for hydroxylation is 3. The Labute approximate surface area is 150 Å². The molecule has 0 atom stereocenters. The first-order valence-electron chi connectivity index (χ1n) is 7.82. The van der Waals surface area contributed by atoms with Crippen molar-refractivity contribution in [1.29, 1.82) is 0 Å². The van der Waals surface area contributed by atoms with Crippen molar-refractivity contribution in [1.82, 2.24) is 5.32 Å². The van der Waals surface area contributed by atoms with Crippen LogP contribution in [0.4, 0.5) is 16.2 Å². The minimum atomic E-state index is -0.662. The van der Waals surface area contributed by atoms with Gasteiger partial charge in [0.05, 0.1) is 4.92 Å². The summed E-state index contributed by atoms with van der Waals surface area (Å²) < 4.78 is 5.26. The van der Waals surface area contributed by atoms with Gasteiger partial charge in [0.1, 0.15) is 5.75 Å². The molecule has 0 saturated heterocycles. The maximum Gasteiger partial charge on any atom is 0.325 e. The van der Waals surface area contributed by atoms with Gasteiger partial charge in [0, 0.05) is 17.3 Å². The molecule has 2 aromatic rings. The summed E-state index contributed by atoms with van der Waals surface area (Å²) in [4.78, 5) is 34.0. The number of nitrogens with one attached hydrogen (secondary N) is 2. The highest BCUT2D eigenvalue weighted by atomic mass is 16.6. The van der Waals surface area contributed by atoms with Crippen LogP contribution in [0.5, 0.6) is 5.75 Å². The Morgan fingerprint density at radius 3 is 2.42 bits per heavy atom. The minimum Gasteiger partial charge on any atom is -0.484 e. The van der Waals surface area contributed by atoms with Gasteiger partial charge in [0.25, 0.3) is 11.6 Å². The molecule has 2 rings (SSSR count). The number of imide groups is 1. The summed E-state index contributed by atoms with van der Waals surface area (Å²) in [5.41, 5.74) is 2.93. The summed E-state index contributed by atoms with van der Waals surface area (Å²) in [7, 11) is 0. The number of rotatable bonds is 5. The summed E-state index contributed by atoms with van der Waals surface area (Å²) in [6.45, 7) is 4.97. The molecular formula is C18H19N3O5. The van der Waals surface area contributed by atoms with Gasteiger partial charge < -0.3 is 10.1 Å². The predicted molar refractivity (Wildman–Crippen MR) is 96.4 cm³/mol. The summed E-state index contributed by atoms with van der Waals surface area (Å²) in [5.74, 6) is -0.332. The van der Waals surface area contributed by atoms with Gasteiger partial charge >= 0.3 is 6.03 Å². The second-order valence-electron chi connectivity index (χ2n) is 5.81. The van der Waals surface area contributed by atoms with E-state index in [1.165, 1.54) is 18.2 Å². The average Bonchev–Trinajstić information content (AvgIpc) is 2.55. The molecule has 0 aliphatic rings. The smallest absolute Gasteiger partial charge is 0.325 e. The molecule has 0 bridgehead atoms. The topological polar surface area (TPSA) is 111 Å². The average molecular weight is 357 g/mol. The highest BCUT2D eigenvalue weighted by Gasteiger charge is 2.13. The van der Waals surface area contributed by atoms with Crippen LogP contribution in [0.25, 0.3) is 0 Å². The maximum absolute atomic E-state index is 11.9. The van der Waals surface area contributed by atoms with Crippen LogP contribution < -0.4 is 15.4 Å². The number of urea groups is 1. The lowest BCUT2D eigenvalue weighted by Gasteiger charge is -2.10. The SMILES string of the molecule is Cc1ccc(NC(=O)NC(=O)COc2ccc([N+](=O)[O-])c(C)c2)c(C)c1. The van der Waals surface area contributed by atoms with Gasteiger partial charge in [-0.05, 0) is 44.5 Å². The number of carbonyl (C=O) groups excluding carboxylic acids is 2. The summed E-state index contributed by atoms with van der Waals surface area (Å²) in [6, 6.07) is 9.02. The number of anilines is 1. The number of hydrogen-bond acceptors (Lipinski definition) is 5. The molecule has 2 N–H and O–H groups in total. The zero-order valence-corrected chi connectivity index (χ0v) is 14.7. The Bertz CT molecular complexity index is 864. The molecule has 0 spiro atoms. The minimum absolute atomic E-state index is 0.0327. The first kappa shape index (κ1) is 18.9. The van der Waals surface area contributed by atoms with Gasteiger partial charge in [-0.15, -0.1) is 0 Å². The number of nitrogens with zero attached hydrogens (tertiary/aromatic N) is 1. The molecule has 0 saturated carbocycles. The van der Waals surface area contributed by atoms with Crippen LogP contribution in [0, 0.1) is 30.9 Å². The maximum atomic E-state index is 11.9. The van der Waals surface area contributed by atoms with Crippen molar-refractivity contribution >= 4 is 23.3 Å². The van der Waals surface area contributed by atoms with Crippen molar-refractivity contribution in [3.8, 4) is 5.75 Å². The van der Waals surface area contributed by atoms with Gasteiger partial charge in [-0.25, -0.2) is 4.79 Å². The van der Waals surface area contributed by atoms with Crippen LogP contribution in [-0.2, 0) is 4.79 Å². The second-order valence-corrected chi connectivity index (χ2v) is 5.81. The van der Waals surface area contributed by atoms with E-state index in [0.717, 1.165) is 11.1 Å². The molecule has 0 aliphatic carbocycles. The number of benzene rings is 2. The molecule has 8 heteroatoms. The number of amides is 3. The van der Waals surface area contributed by atoms with Crippen molar-refractivity contribution in [2.45, 2.75) is 20.8 Å². The predicted octanol–water partition coefficient (Wildman–Crippen LogP) is 3.25. The number of hydrogen-bond donors (Lipinski definition) is 2.